The zero-order valence-corrected chi connectivity index (χ0v) is 18.4. The molecule has 3 heterocycles. The number of hydrogen-bond acceptors (Lipinski definition) is 6. The second-order valence-corrected chi connectivity index (χ2v) is 8.11. The maximum absolute atomic E-state index is 13.1. The van der Waals surface area contributed by atoms with Gasteiger partial charge in [0.1, 0.15) is 5.69 Å². The maximum Gasteiger partial charge on any atom is 0.339 e. The topological polar surface area (TPSA) is 110 Å². The van der Waals surface area contributed by atoms with E-state index in [1.807, 2.05) is 18.2 Å². The zero-order valence-electron chi connectivity index (χ0n) is 18.4. The van der Waals surface area contributed by atoms with E-state index in [-0.39, 0.29) is 24.5 Å². The first kappa shape index (κ1) is 21.7. The number of carbonyl (C=O) groups is 3. The Morgan fingerprint density at radius 1 is 1.22 bits per heavy atom. The second kappa shape index (κ2) is 8.94. The molecule has 0 bridgehead atoms. The van der Waals surface area contributed by atoms with Crippen molar-refractivity contribution in [1.29, 1.82) is 0 Å². The molecule has 1 unspecified atom stereocenters. The van der Waals surface area contributed by atoms with Gasteiger partial charge in [0.05, 0.1) is 18.6 Å². The molecule has 2 aliphatic rings. The molecule has 2 N–H and O–H groups in total. The Kier molecular flexibility index (Phi) is 6.07. The lowest BCUT2D eigenvalue weighted by molar-refractivity contribution is -0.126. The summed E-state index contributed by atoms with van der Waals surface area (Å²) in [5.41, 5.74) is 2.82. The van der Waals surface area contributed by atoms with Crippen LogP contribution in [0.3, 0.4) is 0 Å². The fourth-order valence-corrected chi connectivity index (χ4v) is 4.29. The van der Waals surface area contributed by atoms with Crippen LogP contribution in [0.1, 0.15) is 50.5 Å². The number of piperidine rings is 1. The van der Waals surface area contributed by atoms with Gasteiger partial charge in [0, 0.05) is 25.3 Å². The minimum absolute atomic E-state index is 0.0881. The molecule has 0 saturated carbocycles. The van der Waals surface area contributed by atoms with Gasteiger partial charge >= 0.3 is 5.97 Å². The Bertz CT molecular complexity index is 1060. The van der Waals surface area contributed by atoms with Crippen molar-refractivity contribution in [2.75, 3.05) is 27.0 Å². The van der Waals surface area contributed by atoms with E-state index in [1.54, 1.807) is 18.7 Å². The van der Waals surface area contributed by atoms with E-state index >= 15 is 0 Å². The summed E-state index contributed by atoms with van der Waals surface area (Å²) in [5, 5.41) is 2.96. The lowest BCUT2D eigenvalue weighted by atomic mass is 9.96. The summed E-state index contributed by atoms with van der Waals surface area (Å²) in [5.74, 6) is 0.303. The summed E-state index contributed by atoms with van der Waals surface area (Å²) in [6.45, 7) is 4.93. The lowest BCUT2D eigenvalue weighted by Gasteiger charge is -2.32. The predicted octanol–water partition coefficient (Wildman–Crippen LogP) is 2.32. The van der Waals surface area contributed by atoms with Crippen LogP contribution in [0.5, 0.6) is 11.5 Å². The van der Waals surface area contributed by atoms with Crippen molar-refractivity contribution in [3.8, 4) is 11.5 Å². The fourth-order valence-electron chi connectivity index (χ4n) is 4.29. The van der Waals surface area contributed by atoms with Crippen LogP contribution >= 0.6 is 0 Å². The fraction of sp³-hybridized carbons (Fsp3) is 0.435. The van der Waals surface area contributed by atoms with E-state index in [4.69, 9.17) is 14.2 Å². The van der Waals surface area contributed by atoms with Crippen LogP contribution < -0.4 is 14.8 Å². The summed E-state index contributed by atoms with van der Waals surface area (Å²) in [4.78, 5) is 42.6. The van der Waals surface area contributed by atoms with Crippen LogP contribution in [-0.2, 0) is 16.1 Å². The number of benzene rings is 1. The molecule has 1 atom stereocenters. The number of hydrogen-bond donors (Lipinski definition) is 2. The Morgan fingerprint density at radius 3 is 2.78 bits per heavy atom. The van der Waals surface area contributed by atoms with E-state index in [1.165, 1.54) is 7.11 Å². The lowest BCUT2D eigenvalue weighted by Crippen LogP contribution is -2.45. The smallest absolute Gasteiger partial charge is 0.339 e. The van der Waals surface area contributed by atoms with Crippen LogP contribution in [0, 0.1) is 19.8 Å². The molecule has 0 aliphatic carbocycles. The highest BCUT2D eigenvalue weighted by atomic mass is 16.7. The van der Waals surface area contributed by atoms with Gasteiger partial charge in [-0.3, -0.25) is 9.59 Å². The number of carbonyl (C=O) groups excluding carboxylic acids is 3. The standard InChI is InChI=1S/C23H27N3O6/c1-13-19(23(29)30-3)14(2)25-20(13)22(28)26-8-4-5-16(11-26)21(27)24-10-15-6-7-17-18(9-15)32-12-31-17/h6-7,9,16,25H,4-5,8,10-12H2,1-3H3,(H,24,27). The number of fused-ring (bicyclic) bond motifs is 1. The van der Waals surface area contributed by atoms with Gasteiger partial charge in [-0.2, -0.15) is 0 Å². The number of nitrogens with zero attached hydrogens (tertiary/aromatic N) is 1. The average molecular weight is 441 g/mol. The highest BCUT2D eigenvalue weighted by Crippen LogP contribution is 2.32. The molecular weight excluding hydrogens is 414 g/mol. The quantitative estimate of drug-likeness (QED) is 0.689. The molecule has 1 aromatic carbocycles. The number of H-pyrrole nitrogens is 1. The van der Waals surface area contributed by atoms with Crippen molar-refractivity contribution in [1.82, 2.24) is 15.2 Å². The van der Waals surface area contributed by atoms with Crippen molar-refractivity contribution < 1.29 is 28.6 Å². The summed E-state index contributed by atoms with van der Waals surface area (Å²) in [7, 11) is 1.31. The molecule has 9 heteroatoms. The molecule has 2 amide bonds. The number of likely N-dealkylation sites (tertiary alicyclic amines) is 1. The number of aromatic amines is 1. The van der Waals surface area contributed by atoms with Gasteiger partial charge in [-0.05, 0) is 49.9 Å². The van der Waals surface area contributed by atoms with E-state index in [0.29, 0.717) is 60.1 Å². The first-order valence-electron chi connectivity index (χ1n) is 10.6. The second-order valence-electron chi connectivity index (χ2n) is 8.11. The molecule has 9 nitrogen and oxygen atoms in total. The van der Waals surface area contributed by atoms with Gasteiger partial charge in [0.25, 0.3) is 5.91 Å². The molecule has 1 fully saturated rings. The van der Waals surface area contributed by atoms with Crippen molar-refractivity contribution in [3.63, 3.8) is 0 Å². The van der Waals surface area contributed by atoms with Crippen molar-refractivity contribution in [2.24, 2.45) is 5.92 Å². The molecule has 1 saturated heterocycles. The molecule has 2 aliphatic heterocycles. The molecule has 0 spiro atoms. The molecule has 2 aromatic rings. The average Bonchev–Trinajstić information content (AvgIpc) is 3.39. The molecule has 0 radical (unpaired) electrons. The van der Waals surface area contributed by atoms with Gasteiger partial charge in [-0.15, -0.1) is 0 Å². The van der Waals surface area contributed by atoms with Gasteiger partial charge in [-0.1, -0.05) is 6.07 Å². The van der Waals surface area contributed by atoms with E-state index < -0.39 is 5.97 Å². The van der Waals surface area contributed by atoms with E-state index in [0.717, 1.165) is 12.0 Å². The largest absolute Gasteiger partial charge is 0.465 e. The van der Waals surface area contributed by atoms with Crippen molar-refractivity contribution in [3.05, 3.63) is 46.3 Å². The highest BCUT2D eigenvalue weighted by molar-refractivity contribution is 6.00. The Labute approximate surface area is 186 Å². The number of aryl methyl sites for hydroxylation is 1. The van der Waals surface area contributed by atoms with E-state index in [2.05, 4.69) is 10.3 Å². The Hall–Kier alpha value is -3.49. The number of amides is 2. The van der Waals surface area contributed by atoms with Gasteiger partial charge in [0.15, 0.2) is 11.5 Å². The predicted molar refractivity (Wildman–Crippen MR) is 115 cm³/mol. The van der Waals surface area contributed by atoms with Gasteiger partial charge in [0.2, 0.25) is 12.7 Å². The number of ether oxygens (including phenoxy) is 3. The third-order valence-corrected chi connectivity index (χ3v) is 6.02. The first-order valence-corrected chi connectivity index (χ1v) is 10.6. The van der Waals surface area contributed by atoms with E-state index in [9.17, 15) is 14.4 Å². The minimum atomic E-state index is -0.477. The minimum Gasteiger partial charge on any atom is -0.465 e. The van der Waals surface area contributed by atoms with Crippen LogP contribution in [0.25, 0.3) is 0 Å². The number of esters is 1. The SMILES string of the molecule is COC(=O)c1c(C)[nH]c(C(=O)N2CCCC(C(=O)NCc3ccc4c(c3)OCO4)C2)c1C. The number of nitrogens with one attached hydrogen (secondary N) is 2. The summed E-state index contributed by atoms with van der Waals surface area (Å²) >= 11 is 0. The van der Waals surface area contributed by atoms with Crippen molar-refractivity contribution in [2.45, 2.75) is 33.2 Å². The Morgan fingerprint density at radius 2 is 2.00 bits per heavy atom. The van der Waals surface area contributed by atoms with Gasteiger partial charge < -0.3 is 29.4 Å². The summed E-state index contributed by atoms with van der Waals surface area (Å²) in [6.07, 6.45) is 1.45. The Balaban J connectivity index is 1.39. The normalized spacial score (nSPS) is 17.2. The molecule has 32 heavy (non-hydrogen) atoms. The zero-order chi connectivity index (χ0) is 22.8. The molecule has 170 valence electrons. The highest BCUT2D eigenvalue weighted by Gasteiger charge is 2.31. The summed E-state index contributed by atoms with van der Waals surface area (Å²) < 4.78 is 15.5. The molecule has 4 rings (SSSR count). The van der Waals surface area contributed by atoms with Crippen molar-refractivity contribution >= 4 is 17.8 Å². The molecule has 1 aromatic heterocycles. The number of methoxy groups -OCH3 is 1. The first-order chi connectivity index (χ1) is 15.4. The van der Waals surface area contributed by atoms with Crippen LogP contribution in [-0.4, -0.2) is 54.7 Å². The number of aromatic nitrogens is 1. The van der Waals surface area contributed by atoms with Crippen LogP contribution in [0.4, 0.5) is 0 Å². The third-order valence-electron chi connectivity index (χ3n) is 6.02. The number of rotatable bonds is 5. The monoisotopic (exact) mass is 441 g/mol. The van der Waals surface area contributed by atoms with Crippen LogP contribution in [0.2, 0.25) is 0 Å². The summed E-state index contributed by atoms with van der Waals surface area (Å²) in [6, 6.07) is 5.57. The third kappa shape index (κ3) is 4.15. The van der Waals surface area contributed by atoms with Crippen LogP contribution in [0.15, 0.2) is 18.2 Å². The molecular formula is C23H27N3O6. The maximum atomic E-state index is 13.1. The van der Waals surface area contributed by atoms with Gasteiger partial charge in [-0.25, -0.2) is 4.79 Å².